The standard InChI is InChI=1S/C8H7F3N2/c9-8(10,11)7(13)5-2-1-3-6(12)4-5/h1-4,13H,12H2. The quantitative estimate of drug-likeness (QED) is 0.515. The van der Waals surface area contributed by atoms with Gasteiger partial charge in [-0.2, -0.15) is 13.2 Å². The van der Waals surface area contributed by atoms with Crippen molar-refractivity contribution >= 4 is 11.4 Å². The number of hydrogen-bond donors (Lipinski definition) is 2. The minimum absolute atomic E-state index is 0.214. The summed E-state index contributed by atoms with van der Waals surface area (Å²) >= 11 is 0. The first-order chi connectivity index (χ1) is 5.91. The zero-order valence-electron chi connectivity index (χ0n) is 6.52. The molecule has 3 N–H and O–H groups in total. The number of halogens is 3. The first-order valence-corrected chi connectivity index (χ1v) is 3.43. The highest BCUT2D eigenvalue weighted by molar-refractivity contribution is 6.02. The summed E-state index contributed by atoms with van der Waals surface area (Å²) in [5.74, 6) is 0. The molecule has 0 aromatic heterocycles. The summed E-state index contributed by atoms with van der Waals surface area (Å²) in [5, 5.41) is 6.80. The molecule has 1 aromatic carbocycles. The van der Waals surface area contributed by atoms with Crippen LogP contribution in [-0.4, -0.2) is 11.9 Å². The van der Waals surface area contributed by atoms with Crippen molar-refractivity contribution in [1.29, 1.82) is 5.41 Å². The lowest BCUT2D eigenvalue weighted by atomic mass is 10.1. The minimum Gasteiger partial charge on any atom is -0.399 e. The Morgan fingerprint density at radius 2 is 1.92 bits per heavy atom. The monoisotopic (exact) mass is 188 g/mol. The van der Waals surface area contributed by atoms with Crippen molar-refractivity contribution in [3.63, 3.8) is 0 Å². The van der Waals surface area contributed by atoms with Crippen LogP contribution >= 0.6 is 0 Å². The topological polar surface area (TPSA) is 49.9 Å². The molecule has 0 aliphatic carbocycles. The van der Waals surface area contributed by atoms with Crippen LogP contribution in [0.4, 0.5) is 18.9 Å². The highest BCUT2D eigenvalue weighted by Crippen LogP contribution is 2.22. The van der Waals surface area contributed by atoms with Gasteiger partial charge in [-0.3, -0.25) is 5.41 Å². The number of nitrogen functional groups attached to an aromatic ring is 1. The summed E-state index contributed by atoms with van der Waals surface area (Å²) in [6.45, 7) is 0. The fraction of sp³-hybridized carbons (Fsp3) is 0.125. The van der Waals surface area contributed by atoms with Gasteiger partial charge in [0.2, 0.25) is 0 Å². The van der Waals surface area contributed by atoms with Gasteiger partial charge in [0.15, 0.2) is 0 Å². The molecule has 0 atom stereocenters. The lowest BCUT2D eigenvalue weighted by Crippen LogP contribution is -2.22. The molecule has 0 heterocycles. The van der Waals surface area contributed by atoms with Crippen molar-refractivity contribution in [2.45, 2.75) is 6.18 Å². The molecule has 0 amide bonds. The Bertz CT molecular complexity index is 330. The Morgan fingerprint density at radius 3 is 2.38 bits per heavy atom. The van der Waals surface area contributed by atoms with Crippen LogP contribution in [0.1, 0.15) is 5.56 Å². The summed E-state index contributed by atoms with van der Waals surface area (Å²) in [4.78, 5) is 0. The lowest BCUT2D eigenvalue weighted by Gasteiger charge is -2.08. The Hall–Kier alpha value is -1.52. The lowest BCUT2D eigenvalue weighted by molar-refractivity contribution is -0.0587. The number of nitrogens with two attached hydrogens (primary N) is 1. The second kappa shape index (κ2) is 3.08. The fourth-order valence-electron chi connectivity index (χ4n) is 0.858. The maximum atomic E-state index is 12.0. The molecule has 0 aliphatic heterocycles. The Labute approximate surface area is 72.7 Å². The van der Waals surface area contributed by atoms with Crippen molar-refractivity contribution in [1.82, 2.24) is 0 Å². The molecule has 70 valence electrons. The number of anilines is 1. The molecule has 0 radical (unpaired) electrons. The van der Waals surface area contributed by atoms with Gasteiger partial charge in [-0.1, -0.05) is 12.1 Å². The predicted molar refractivity (Wildman–Crippen MR) is 43.7 cm³/mol. The molecular weight excluding hydrogens is 181 g/mol. The largest absolute Gasteiger partial charge is 0.433 e. The van der Waals surface area contributed by atoms with Crippen LogP contribution in [0.15, 0.2) is 24.3 Å². The van der Waals surface area contributed by atoms with E-state index in [1.807, 2.05) is 0 Å². The molecule has 0 aliphatic rings. The van der Waals surface area contributed by atoms with Crippen molar-refractivity contribution in [2.24, 2.45) is 0 Å². The molecular formula is C8H7F3N2. The second-order valence-corrected chi connectivity index (χ2v) is 2.50. The smallest absolute Gasteiger partial charge is 0.399 e. The number of nitrogens with one attached hydrogen (secondary N) is 1. The van der Waals surface area contributed by atoms with E-state index in [-0.39, 0.29) is 11.3 Å². The molecule has 13 heavy (non-hydrogen) atoms. The second-order valence-electron chi connectivity index (χ2n) is 2.50. The van der Waals surface area contributed by atoms with Gasteiger partial charge in [-0.25, -0.2) is 0 Å². The molecule has 0 saturated heterocycles. The Morgan fingerprint density at radius 1 is 1.31 bits per heavy atom. The van der Waals surface area contributed by atoms with Crippen LogP contribution < -0.4 is 5.73 Å². The molecule has 5 heteroatoms. The van der Waals surface area contributed by atoms with Gasteiger partial charge < -0.3 is 5.73 Å². The summed E-state index contributed by atoms with van der Waals surface area (Å²) < 4.78 is 36.0. The highest BCUT2D eigenvalue weighted by Gasteiger charge is 2.35. The summed E-state index contributed by atoms with van der Waals surface area (Å²) in [7, 11) is 0. The van der Waals surface area contributed by atoms with E-state index < -0.39 is 11.9 Å². The minimum atomic E-state index is -4.62. The average Bonchev–Trinajstić information content (AvgIpc) is 2.01. The molecule has 1 rings (SSSR count). The fourth-order valence-corrected chi connectivity index (χ4v) is 0.858. The van der Waals surface area contributed by atoms with Gasteiger partial charge in [0.25, 0.3) is 0 Å². The maximum Gasteiger partial charge on any atom is 0.433 e. The third kappa shape index (κ3) is 2.21. The first kappa shape index (κ1) is 9.57. The van der Waals surface area contributed by atoms with Gasteiger partial charge in [0.05, 0.1) is 0 Å². The molecule has 0 bridgehead atoms. The van der Waals surface area contributed by atoms with Crippen molar-refractivity contribution < 1.29 is 13.2 Å². The van der Waals surface area contributed by atoms with Gasteiger partial charge in [0, 0.05) is 11.3 Å². The summed E-state index contributed by atoms with van der Waals surface area (Å²) in [6.07, 6.45) is -4.62. The van der Waals surface area contributed by atoms with Crippen molar-refractivity contribution in [3.05, 3.63) is 29.8 Å². The molecule has 0 fully saturated rings. The molecule has 2 nitrogen and oxygen atoms in total. The third-order valence-electron chi connectivity index (χ3n) is 1.46. The van der Waals surface area contributed by atoms with Crippen molar-refractivity contribution in [3.8, 4) is 0 Å². The molecule has 1 aromatic rings. The van der Waals surface area contributed by atoms with E-state index in [1.54, 1.807) is 0 Å². The number of benzene rings is 1. The Kier molecular flexibility index (Phi) is 2.27. The molecule has 0 spiro atoms. The van der Waals surface area contributed by atoms with Crippen molar-refractivity contribution in [2.75, 3.05) is 5.73 Å². The maximum absolute atomic E-state index is 12.0. The van der Waals surface area contributed by atoms with Crippen LogP contribution in [-0.2, 0) is 0 Å². The van der Waals surface area contributed by atoms with Crippen LogP contribution in [0, 0.1) is 5.41 Å². The number of alkyl halides is 3. The Balaban J connectivity index is 3.03. The average molecular weight is 188 g/mol. The van der Waals surface area contributed by atoms with Crippen LogP contribution in [0.5, 0.6) is 0 Å². The SMILES string of the molecule is N=C(c1cccc(N)c1)C(F)(F)F. The summed E-state index contributed by atoms with van der Waals surface area (Å²) in [5.41, 5.74) is 3.90. The van der Waals surface area contributed by atoms with Gasteiger partial charge in [-0.05, 0) is 12.1 Å². The predicted octanol–water partition coefficient (Wildman–Crippen LogP) is 2.20. The van der Waals surface area contributed by atoms with Crippen LogP contribution in [0.25, 0.3) is 0 Å². The van der Waals surface area contributed by atoms with Crippen LogP contribution in [0.2, 0.25) is 0 Å². The zero-order chi connectivity index (χ0) is 10.1. The molecule has 0 unspecified atom stereocenters. The van der Waals surface area contributed by atoms with E-state index in [4.69, 9.17) is 11.1 Å². The first-order valence-electron chi connectivity index (χ1n) is 3.43. The highest BCUT2D eigenvalue weighted by atomic mass is 19.4. The van der Waals surface area contributed by atoms with Gasteiger partial charge in [-0.15, -0.1) is 0 Å². The van der Waals surface area contributed by atoms with E-state index in [0.717, 1.165) is 6.07 Å². The van der Waals surface area contributed by atoms with E-state index >= 15 is 0 Å². The summed E-state index contributed by atoms with van der Waals surface area (Å²) in [6, 6.07) is 5.17. The van der Waals surface area contributed by atoms with E-state index in [2.05, 4.69) is 0 Å². The molecule has 0 saturated carbocycles. The van der Waals surface area contributed by atoms with Gasteiger partial charge >= 0.3 is 6.18 Å². The zero-order valence-corrected chi connectivity index (χ0v) is 6.52. The number of hydrogen-bond acceptors (Lipinski definition) is 2. The number of rotatable bonds is 1. The van der Waals surface area contributed by atoms with E-state index in [9.17, 15) is 13.2 Å². The van der Waals surface area contributed by atoms with Crippen LogP contribution in [0.3, 0.4) is 0 Å². The normalized spacial score (nSPS) is 11.3. The van der Waals surface area contributed by atoms with Gasteiger partial charge in [0.1, 0.15) is 5.71 Å². The van der Waals surface area contributed by atoms with E-state index in [1.165, 1.54) is 18.2 Å². The third-order valence-corrected chi connectivity index (χ3v) is 1.46. The van der Waals surface area contributed by atoms with E-state index in [0.29, 0.717) is 0 Å².